The molecule has 3 unspecified atom stereocenters. The number of amides is 3. The Morgan fingerprint density at radius 2 is 1.86 bits per heavy atom. The summed E-state index contributed by atoms with van der Waals surface area (Å²) in [4.78, 5) is 38.1. The molecule has 2 rings (SSSR count). The first kappa shape index (κ1) is 15.6. The van der Waals surface area contributed by atoms with E-state index in [9.17, 15) is 19.5 Å². The highest BCUT2D eigenvalue weighted by Gasteiger charge is 2.39. The summed E-state index contributed by atoms with van der Waals surface area (Å²) in [7, 11) is 0. The first-order valence-corrected chi connectivity index (χ1v) is 7.17. The lowest BCUT2D eigenvalue weighted by Gasteiger charge is -2.26. The van der Waals surface area contributed by atoms with Crippen molar-refractivity contribution in [1.82, 2.24) is 15.1 Å². The average Bonchev–Trinajstić information content (AvgIpc) is 3.06. The van der Waals surface area contributed by atoms with E-state index in [4.69, 9.17) is 5.11 Å². The molecule has 2 fully saturated rings. The van der Waals surface area contributed by atoms with Crippen LogP contribution in [0.3, 0.4) is 0 Å². The monoisotopic (exact) mass is 299 g/mol. The van der Waals surface area contributed by atoms with Gasteiger partial charge in [0.25, 0.3) is 0 Å². The Morgan fingerprint density at radius 1 is 1.24 bits per heavy atom. The number of rotatable bonds is 3. The number of carboxylic acid groups (broad SMARTS) is 1. The number of carbonyl (C=O) groups is 3. The number of hydrogen-bond donors (Lipinski definition) is 3. The van der Waals surface area contributed by atoms with Gasteiger partial charge in [0, 0.05) is 26.1 Å². The van der Waals surface area contributed by atoms with Gasteiger partial charge in [-0.3, -0.25) is 4.79 Å². The maximum atomic E-state index is 12.1. The minimum absolute atomic E-state index is 0.0111. The van der Waals surface area contributed by atoms with Crippen molar-refractivity contribution < 1.29 is 24.6 Å². The Labute approximate surface area is 122 Å². The van der Waals surface area contributed by atoms with Gasteiger partial charge >= 0.3 is 12.0 Å². The summed E-state index contributed by atoms with van der Waals surface area (Å²) in [6.45, 7) is 2.94. The standard InChI is InChI=1S/C13H21N3O5/c1-8(11(18)15-4-2-3-5-15)14-13(21)16-7-9(17)6-10(16)12(19)20/h8-10,17H,2-7H2,1H3,(H,14,21)(H,19,20). The molecule has 3 N–H and O–H groups in total. The molecule has 8 nitrogen and oxygen atoms in total. The molecule has 0 aromatic rings. The molecule has 8 heteroatoms. The molecule has 118 valence electrons. The number of urea groups is 1. The van der Waals surface area contributed by atoms with Crippen LogP contribution in [-0.2, 0) is 9.59 Å². The summed E-state index contributed by atoms with van der Waals surface area (Å²) in [6.07, 6.45) is 1.09. The molecule has 3 atom stereocenters. The Morgan fingerprint density at radius 3 is 2.43 bits per heavy atom. The van der Waals surface area contributed by atoms with Crippen LogP contribution in [-0.4, -0.2) is 75.7 Å². The van der Waals surface area contributed by atoms with Gasteiger partial charge in [0.05, 0.1) is 6.10 Å². The number of aliphatic hydroxyl groups is 1. The van der Waals surface area contributed by atoms with Crippen LogP contribution in [0.5, 0.6) is 0 Å². The van der Waals surface area contributed by atoms with Crippen LogP contribution in [0.15, 0.2) is 0 Å². The SMILES string of the molecule is CC(NC(=O)N1CC(O)CC1C(=O)O)C(=O)N1CCCC1. The molecule has 0 aliphatic carbocycles. The number of aliphatic hydroxyl groups excluding tert-OH is 1. The fourth-order valence-corrected chi connectivity index (χ4v) is 2.81. The first-order valence-electron chi connectivity index (χ1n) is 7.17. The van der Waals surface area contributed by atoms with Crippen LogP contribution in [0, 0.1) is 0 Å². The van der Waals surface area contributed by atoms with Crippen molar-refractivity contribution in [1.29, 1.82) is 0 Å². The second kappa shape index (κ2) is 6.30. The molecule has 0 saturated carbocycles. The highest BCUT2D eigenvalue weighted by Crippen LogP contribution is 2.18. The highest BCUT2D eigenvalue weighted by molar-refractivity contribution is 5.89. The number of carbonyl (C=O) groups excluding carboxylic acids is 2. The molecule has 21 heavy (non-hydrogen) atoms. The number of nitrogens with zero attached hydrogens (tertiary/aromatic N) is 2. The summed E-state index contributed by atoms with van der Waals surface area (Å²) < 4.78 is 0. The van der Waals surface area contributed by atoms with E-state index in [1.165, 1.54) is 0 Å². The molecule has 2 aliphatic rings. The highest BCUT2D eigenvalue weighted by atomic mass is 16.4. The van der Waals surface area contributed by atoms with Crippen molar-refractivity contribution in [3.05, 3.63) is 0 Å². The third-order valence-electron chi connectivity index (χ3n) is 3.95. The van der Waals surface area contributed by atoms with Gasteiger partial charge in [0.15, 0.2) is 0 Å². The van der Waals surface area contributed by atoms with Crippen LogP contribution < -0.4 is 5.32 Å². The van der Waals surface area contributed by atoms with Gasteiger partial charge in [0.2, 0.25) is 5.91 Å². The number of aliphatic carboxylic acids is 1. The van der Waals surface area contributed by atoms with Crippen LogP contribution in [0.2, 0.25) is 0 Å². The van der Waals surface area contributed by atoms with Crippen molar-refractivity contribution in [3.63, 3.8) is 0 Å². The van der Waals surface area contributed by atoms with Gasteiger partial charge in [-0.05, 0) is 19.8 Å². The number of likely N-dealkylation sites (tertiary alicyclic amines) is 2. The van der Waals surface area contributed by atoms with Gasteiger partial charge in [-0.2, -0.15) is 0 Å². The number of β-amino-alcohol motifs (C(OH)–C–C–N with tert-alkyl or cyclic N) is 1. The molecule has 2 saturated heterocycles. The lowest BCUT2D eigenvalue weighted by molar-refractivity contribution is -0.141. The number of nitrogens with one attached hydrogen (secondary N) is 1. The van der Waals surface area contributed by atoms with Crippen molar-refractivity contribution >= 4 is 17.9 Å². The Kier molecular flexibility index (Phi) is 4.66. The van der Waals surface area contributed by atoms with E-state index in [0.717, 1.165) is 17.7 Å². The van der Waals surface area contributed by atoms with Crippen LogP contribution >= 0.6 is 0 Å². The summed E-state index contributed by atoms with van der Waals surface area (Å²) in [5, 5.41) is 21.1. The quantitative estimate of drug-likeness (QED) is 0.633. The summed E-state index contributed by atoms with van der Waals surface area (Å²) >= 11 is 0. The van der Waals surface area contributed by atoms with Crippen molar-refractivity contribution in [2.45, 2.75) is 44.4 Å². The van der Waals surface area contributed by atoms with E-state index in [1.54, 1.807) is 11.8 Å². The van der Waals surface area contributed by atoms with Gasteiger partial charge in [-0.15, -0.1) is 0 Å². The molecule has 2 heterocycles. The first-order chi connectivity index (χ1) is 9.90. The largest absolute Gasteiger partial charge is 0.480 e. The molecule has 0 radical (unpaired) electrons. The lowest BCUT2D eigenvalue weighted by atomic mass is 10.2. The van der Waals surface area contributed by atoms with E-state index in [2.05, 4.69) is 5.32 Å². The molecule has 0 aromatic heterocycles. The van der Waals surface area contributed by atoms with E-state index < -0.39 is 30.2 Å². The zero-order chi connectivity index (χ0) is 15.6. The Bertz CT molecular complexity index is 436. The normalized spacial score (nSPS) is 26.8. The molecule has 3 amide bonds. The fourth-order valence-electron chi connectivity index (χ4n) is 2.81. The maximum absolute atomic E-state index is 12.1. The number of carboxylic acids is 1. The zero-order valence-electron chi connectivity index (χ0n) is 12.0. The molecule has 2 aliphatic heterocycles. The van der Waals surface area contributed by atoms with Crippen LogP contribution in [0.4, 0.5) is 4.79 Å². The molecular weight excluding hydrogens is 278 g/mol. The van der Waals surface area contributed by atoms with Crippen molar-refractivity contribution in [3.8, 4) is 0 Å². The molecule has 0 aromatic carbocycles. The maximum Gasteiger partial charge on any atom is 0.326 e. The molecular formula is C13H21N3O5. The minimum atomic E-state index is -1.15. The topological polar surface area (TPSA) is 110 Å². The predicted molar refractivity (Wildman–Crippen MR) is 72.6 cm³/mol. The summed E-state index contributed by atoms with van der Waals surface area (Å²) in [5.41, 5.74) is 0. The summed E-state index contributed by atoms with van der Waals surface area (Å²) in [6, 6.07) is -2.38. The molecule has 0 bridgehead atoms. The minimum Gasteiger partial charge on any atom is -0.480 e. The predicted octanol–water partition coefficient (Wildman–Crippen LogP) is -0.773. The van der Waals surface area contributed by atoms with Crippen LogP contribution in [0.25, 0.3) is 0 Å². The van der Waals surface area contributed by atoms with Gasteiger partial charge in [0.1, 0.15) is 12.1 Å². The smallest absolute Gasteiger partial charge is 0.326 e. The summed E-state index contributed by atoms with van der Waals surface area (Å²) in [5.74, 6) is -1.31. The third-order valence-corrected chi connectivity index (χ3v) is 3.95. The average molecular weight is 299 g/mol. The van der Waals surface area contributed by atoms with Crippen molar-refractivity contribution in [2.75, 3.05) is 19.6 Å². The number of hydrogen-bond acceptors (Lipinski definition) is 4. The van der Waals surface area contributed by atoms with E-state index in [-0.39, 0.29) is 18.9 Å². The third kappa shape index (κ3) is 3.44. The Hall–Kier alpha value is -1.83. The van der Waals surface area contributed by atoms with E-state index in [1.807, 2.05) is 0 Å². The second-order valence-electron chi connectivity index (χ2n) is 5.60. The van der Waals surface area contributed by atoms with E-state index >= 15 is 0 Å². The zero-order valence-corrected chi connectivity index (χ0v) is 12.0. The van der Waals surface area contributed by atoms with Crippen LogP contribution in [0.1, 0.15) is 26.2 Å². The molecule has 0 spiro atoms. The van der Waals surface area contributed by atoms with E-state index in [0.29, 0.717) is 13.1 Å². The Balaban J connectivity index is 1.93. The van der Waals surface area contributed by atoms with Gasteiger partial charge in [-0.25, -0.2) is 9.59 Å². The van der Waals surface area contributed by atoms with Gasteiger partial charge in [-0.1, -0.05) is 0 Å². The fraction of sp³-hybridized carbons (Fsp3) is 0.769. The van der Waals surface area contributed by atoms with Crippen molar-refractivity contribution in [2.24, 2.45) is 0 Å². The second-order valence-corrected chi connectivity index (χ2v) is 5.60. The van der Waals surface area contributed by atoms with Gasteiger partial charge < -0.3 is 25.3 Å². The lowest BCUT2D eigenvalue weighted by Crippen LogP contribution is -2.52.